The first-order valence-electron chi connectivity index (χ1n) is 10.1. The van der Waals surface area contributed by atoms with Crippen molar-refractivity contribution in [3.05, 3.63) is 113 Å². The molecule has 0 aliphatic carbocycles. The quantitative estimate of drug-likeness (QED) is 0.359. The minimum Gasteiger partial charge on any atom is -0.489 e. The Hall–Kier alpha value is -2.81. The fourth-order valence-corrected chi connectivity index (χ4v) is 3.52. The summed E-state index contributed by atoms with van der Waals surface area (Å²) in [5.74, 6) is 0.945. The van der Waals surface area contributed by atoms with E-state index in [0.717, 1.165) is 18.8 Å². The molecular formula is C27H28ClNO. The second kappa shape index (κ2) is 10.3. The van der Waals surface area contributed by atoms with E-state index in [-0.39, 0.29) is 12.4 Å². The largest absolute Gasteiger partial charge is 0.489 e. The molecule has 4 rings (SSSR count). The Morgan fingerprint density at radius 2 is 1.30 bits per heavy atom. The number of aryl methyl sites for hydroxylation is 2. The highest BCUT2D eigenvalue weighted by Gasteiger charge is 2.09. The van der Waals surface area contributed by atoms with Gasteiger partial charge < -0.3 is 10.1 Å². The van der Waals surface area contributed by atoms with E-state index in [9.17, 15) is 0 Å². The smallest absolute Gasteiger partial charge is 0.124 e. The number of nitrogens with one attached hydrogen (secondary N) is 1. The predicted molar refractivity (Wildman–Crippen MR) is 128 cm³/mol. The van der Waals surface area contributed by atoms with Gasteiger partial charge in [0.2, 0.25) is 0 Å². The molecule has 30 heavy (non-hydrogen) atoms. The van der Waals surface area contributed by atoms with Crippen molar-refractivity contribution >= 4 is 23.2 Å². The number of ether oxygens (including phenoxy) is 1. The van der Waals surface area contributed by atoms with Crippen LogP contribution in [0.1, 0.15) is 27.8 Å². The minimum absolute atomic E-state index is 0. The molecule has 0 fully saturated rings. The van der Waals surface area contributed by atoms with Crippen molar-refractivity contribution < 1.29 is 4.74 Å². The highest BCUT2D eigenvalue weighted by Crippen LogP contribution is 2.29. The molecule has 3 heteroatoms. The lowest BCUT2D eigenvalue weighted by Gasteiger charge is -2.15. The van der Waals surface area contributed by atoms with Gasteiger partial charge >= 0.3 is 0 Å². The second-order valence-electron chi connectivity index (χ2n) is 7.63. The molecule has 0 saturated heterocycles. The lowest BCUT2D eigenvalue weighted by Crippen LogP contribution is -2.14. The minimum atomic E-state index is 0. The van der Waals surface area contributed by atoms with Gasteiger partial charge in [-0.2, -0.15) is 0 Å². The average Bonchev–Trinajstić information content (AvgIpc) is 2.75. The summed E-state index contributed by atoms with van der Waals surface area (Å²) in [5, 5.41) is 6.07. The lowest BCUT2D eigenvalue weighted by atomic mass is 10.0. The van der Waals surface area contributed by atoms with Crippen LogP contribution in [0.5, 0.6) is 5.75 Å². The number of halogens is 1. The Morgan fingerprint density at radius 3 is 2.00 bits per heavy atom. The molecule has 0 amide bonds. The number of hydrogen-bond donors (Lipinski definition) is 1. The number of fused-ring (bicyclic) bond motifs is 1. The third-order valence-corrected chi connectivity index (χ3v) is 5.26. The van der Waals surface area contributed by atoms with Gasteiger partial charge in [0, 0.05) is 18.7 Å². The van der Waals surface area contributed by atoms with Gasteiger partial charge in [-0.15, -0.1) is 12.4 Å². The molecule has 0 saturated carbocycles. The molecule has 0 unspecified atom stereocenters. The highest BCUT2D eigenvalue weighted by molar-refractivity contribution is 5.87. The number of benzene rings is 4. The number of rotatable bonds is 7. The predicted octanol–water partition coefficient (Wildman–Crippen LogP) is 6.75. The van der Waals surface area contributed by atoms with E-state index < -0.39 is 0 Å². The SMILES string of the molecule is Cc1ccc(CNCc2c(OCc3ccc(C)cc3)ccc3ccccc23)cc1.Cl. The van der Waals surface area contributed by atoms with E-state index >= 15 is 0 Å². The van der Waals surface area contributed by atoms with Crippen LogP contribution in [-0.4, -0.2) is 0 Å². The summed E-state index contributed by atoms with van der Waals surface area (Å²) in [6.07, 6.45) is 0. The van der Waals surface area contributed by atoms with Crippen molar-refractivity contribution in [1.29, 1.82) is 0 Å². The Bertz CT molecular complexity index is 1090. The molecule has 154 valence electrons. The molecule has 2 nitrogen and oxygen atoms in total. The van der Waals surface area contributed by atoms with E-state index in [2.05, 4.69) is 104 Å². The molecule has 1 N–H and O–H groups in total. The topological polar surface area (TPSA) is 21.3 Å². The van der Waals surface area contributed by atoms with Crippen LogP contribution < -0.4 is 10.1 Å². The zero-order valence-corrected chi connectivity index (χ0v) is 18.3. The monoisotopic (exact) mass is 417 g/mol. The van der Waals surface area contributed by atoms with Crippen molar-refractivity contribution in [3.8, 4) is 5.75 Å². The van der Waals surface area contributed by atoms with Crippen LogP contribution in [0.3, 0.4) is 0 Å². The van der Waals surface area contributed by atoms with Crippen molar-refractivity contribution in [2.45, 2.75) is 33.5 Å². The molecule has 0 radical (unpaired) electrons. The first-order chi connectivity index (χ1) is 14.2. The van der Waals surface area contributed by atoms with Crippen molar-refractivity contribution in [2.24, 2.45) is 0 Å². The maximum absolute atomic E-state index is 6.25. The van der Waals surface area contributed by atoms with Gasteiger partial charge in [-0.25, -0.2) is 0 Å². The first-order valence-corrected chi connectivity index (χ1v) is 10.1. The summed E-state index contributed by atoms with van der Waals surface area (Å²) in [7, 11) is 0. The van der Waals surface area contributed by atoms with E-state index in [1.807, 2.05) is 0 Å². The summed E-state index contributed by atoms with van der Waals surface area (Å²) in [6.45, 7) is 6.39. The van der Waals surface area contributed by atoms with E-state index in [1.54, 1.807) is 0 Å². The van der Waals surface area contributed by atoms with Gasteiger partial charge in [0.05, 0.1) is 0 Å². The summed E-state index contributed by atoms with van der Waals surface area (Å²) in [6, 6.07) is 29.9. The average molecular weight is 418 g/mol. The van der Waals surface area contributed by atoms with Crippen molar-refractivity contribution in [1.82, 2.24) is 5.32 Å². The van der Waals surface area contributed by atoms with Gasteiger partial charge in [-0.1, -0.05) is 90.0 Å². The van der Waals surface area contributed by atoms with E-state index in [0.29, 0.717) is 6.61 Å². The molecule has 0 heterocycles. The molecule has 0 bridgehead atoms. The van der Waals surface area contributed by atoms with Crippen LogP contribution in [0.25, 0.3) is 10.8 Å². The molecule has 0 atom stereocenters. The molecule has 4 aromatic rings. The molecular weight excluding hydrogens is 390 g/mol. The standard InChI is InChI=1S/C27H27NO.ClH/c1-20-7-11-22(12-8-20)17-28-18-26-25-6-4-3-5-24(25)15-16-27(26)29-19-23-13-9-21(2)10-14-23;/h3-16,28H,17-19H2,1-2H3;1H. The molecule has 0 spiro atoms. The van der Waals surface area contributed by atoms with Gasteiger partial charge in [0.25, 0.3) is 0 Å². The maximum atomic E-state index is 6.25. The third-order valence-electron chi connectivity index (χ3n) is 5.26. The number of hydrogen-bond acceptors (Lipinski definition) is 2. The Kier molecular flexibility index (Phi) is 7.51. The fourth-order valence-electron chi connectivity index (χ4n) is 3.52. The lowest BCUT2D eigenvalue weighted by molar-refractivity contribution is 0.302. The Morgan fingerprint density at radius 1 is 0.667 bits per heavy atom. The molecule has 0 aliphatic rings. The van der Waals surface area contributed by atoms with Crippen LogP contribution in [0, 0.1) is 13.8 Å². The van der Waals surface area contributed by atoms with Crippen molar-refractivity contribution in [3.63, 3.8) is 0 Å². The molecule has 0 aromatic heterocycles. The zero-order chi connectivity index (χ0) is 20.1. The summed E-state index contributed by atoms with van der Waals surface area (Å²) in [4.78, 5) is 0. The first kappa shape index (κ1) is 21.9. The normalized spacial score (nSPS) is 10.6. The van der Waals surface area contributed by atoms with Crippen LogP contribution in [0.2, 0.25) is 0 Å². The zero-order valence-electron chi connectivity index (χ0n) is 17.5. The van der Waals surface area contributed by atoms with E-state index in [1.165, 1.54) is 38.6 Å². The van der Waals surface area contributed by atoms with Crippen LogP contribution in [0.15, 0.2) is 84.9 Å². The second-order valence-corrected chi connectivity index (χ2v) is 7.63. The van der Waals surface area contributed by atoms with Crippen LogP contribution in [-0.2, 0) is 19.7 Å². The fraction of sp³-hybridized carbons (Fsp3) is 0.185. The summed E-state index contributed by atoms with van der Waals surface area (Å²) >= 11 is 0. The molecule has 4 aromatic carbocycles. The van der Waals surface area contributed by atoms with Gasteiger partial charge in [0.1, 0.15) is 12.4 Å². The van der Waals surface area contributed by atoms with Crippen molar-refractivity contribution in [2.75, 3.05) is 0 Å². The third kappa shape index (κ3) is 5.41. The van der Waals surface area contributed by atoms with Gasteiger partial charge in [0.15, 0.2) is 0 Å². The maximum Gasteiger partial charge on any atom is 0.124 e. The summed E-state index contributed by atoms with van der Waals surface area (Å²) < 4.78 is 6.25. The Labute approximate surface area is 185 Å². The van der Waals surface area contributed by atoms with Crippen LogP contribution >= 0.6 is 12.4 Å². The van der Waals surface area contributed by atoms with Gasteiger partial charge in [-0.05, 0) is 41.8 Å². The van der Waals surface area contributed by atoms with E-state index in [4.69, 9.17) is 4.74 Å². The highest BCUT2D eigenvalue weighted by atomic mass is 35.5. The van der Waals surface area contributed by atoms with Gasteiger partial charge in [-0.3, -0.25) is 0 Å². The summed E-state index contributed by atoms with van der Waals surface area (Å²) in [5.41, 5.74) is 6.23. The molecule has 0 aliphatic heterocycles. The Balaban J connectivity index is 0.00000256. The van der Waals surface area contributed by atoms with Crippen LogP contribution in [0.4, 0.5) is 0 Å².